The van der Waals surface area contributed by atoms with E-state index in [1.807, 2.05) is 25.1 Å². The number of ether oxygens (including phenoxy) is 4. The third-order valence-electron chi connectivity index (χ3n) is 7.13. The highest BCUT2D eigenvalue weighted by molar-refractivity contribution is 7.99. The van der Waals surface area contributed by atoms with Gasteiger partial charge in [-0.1, -0.05) is 19.1 Å². The maximum atomic E-state index is 13.9. The molecule has 4 rings (SSSR count). The third kappa shape index (κ3) is 5.88. The summed E-state index contributed by atoms with van der Waals surface area (Å²) in [5.74, 6) is 1.86. The van der Waals surface area contributed by atoms with Gasteiger partial charge in [0.15, 0.2) is 28.8 Å². The molecule has 0 saturated carbocycles. The number of hydrogen-bond acceptors (Lipinski definition) is 9. The Balaban J connectivity index is 1.74. The standard InChI is InChI=1S/C30H35NO7S/c1-6-39-12-11-38-30(34)27-17(2)31-21-13-20(18-8-10-24(35-3)26(15-18)37-5)14-23(33)29(21)28(27)19-7-9-22(32)25(16-19)36-4/h7-10,15-16,20,28,31-32H,6,11-14H2,1-5H3. The van der Waals surface area contributed by atoms with Crippen molar-refractivity contribution in [3.05, 3.63) is 70.1 Å². The summed E-state index contributed by atoms with van der Waals surface area (Å²) < 4.78 is 21.8. The number of carbonyl (C=O) groups is 2. The zero-order valence-electron chi connectivity index (χ0n) is 23.0. The first-order valence-electron chi connectivity index (χ1n) is 12.9. The Labute approximate surface area is 233 Å². The number of thioether (sulfide) groups is 1. The highest BCUT2D eigenvalue weighted by atomic mass is 32.2. The number of phenolic OH excluding ortho intramolecular Hbond substituents is 1. The Kier molecular flexibility index (Phi) is 9.12. The number of esters is 1. The second-order valence-electron chi connectivity index (χ2n) is 9.40. The van der Waals surface area contributed by atoms with E-state index in [1.54, 1.807) is 38.1 Å². The lowest BCUT2D eigenvalue weighted by molar-refractivity contribution is -0.138. The third-order valence-corrected chi connectivity index (χ3v) is 7.99. The number of ketones is 1. The van der Waals surface area contributed by atoms with Crippen molar-refractivity contribution in [2.45, 2.75) is 38.5 Å². The van der Waals surface area contributed by atoms with E-state index in [9.17, 15) is 14.7 Å². The van der Waals surface area contributed by atoms with Crippen molar-refractivity contribution in [2.24, 2.45) is 0 Å². The van der Waals surface area contributed by atoms with Crippen molar-refractivity contribution in [3.63, 3.8) is 0 Å². The molecule has 2 unspecified atom stereocenters. The predicted octanol–water partition coefficient (Wildman–Crippen LogP) is 5.08. The molecule has 39 heavy (non-hydrogen) atoms. The van der Waals surface area contributed by atoms with Crippen LogP contribution in [0.25, 0.3) is 0 Å². The van der Waals surface area contributed by atoms with Crippen LogP contribution >= 0.6 is 11.8 Å². The van der Waals surface area contributed by atoms with E-state index in [0.29, 0.717) is 46.1 Å². The summed E-state index contributed by atoms with van der Waals surface area (Å²) in [6.45, 7) is 4.16. The van der Waals surface area contributed by atoms with Crippen LogP contribution in [0.2, 0.25) is 0 Å². The van der Waals surface area contributed by atoms with Crippen LogP contribution in [0.1, 0.15) is 49.7 Å². The Morgan fingerprint density at radius 1 is 1.00 bits per heavy atom. The quantitative estimate of drug-likeness (QED) is 0.308. The minimum Gasteiger partial charge on any atom is -0.504 e. The molecule has 0 saturated heterocycles. The fourth-order valence-electron chi connectivity index (χ4n) is 5.27. The van der Waals surface area contributed by atoms with Gasteiger partial charge >= 0.3 is 5.97 Å². The first-order valence-corrected chi connectivity index (χ1v) is 14.1. The summed E-state index contributed by atoms with van der Waals surface area (Å²) in [5.41, 5.74) is 3.99. The molecule has 1 aliphatic heterocycles. The number of hydrogen-bond donors (Lipinski definition) is 2. The average molecular weight is 554 g/mol. The lowest BCUT2D eigenvalue weighted by atomic mass is 9.71. The van der Waals surface area contributed by atoms with E-state index in [2.05, 4.69) is 12.2 Å². The smallest absolute Gasteiger partial charge is 0.336 e. The van der Waals surface area contributed by atoms with Crippen LogP contribution in [-0.4, -0.2) is 56.3 Å². The van der Waals surface area contributed by atoms with Gasteiger partial charge in [0.25, 0.3) is 0 Å². The maximum absolute atomic E-state index is 13.9. The van der Waals surface area contributed by atoms with Crippen molar-refractivity contribution >= 4 is 23.5 Å². The molecule has 0 amide bonds. The Morgan fingerprint density at radius 3 is 2.38 bits per heavy atom. The summed E-state index contributed by atoms with van der Waals surface area (Å²) >= 11 is 1.69. The monoisotopic (exact) mass is 553 g/mol. The number of rotatable bonds is 10. The first kappa shape index (κ1) is 28.4. The van der Waals surface area contributed by atoms with Crippen molar-refractivity contribution in [3.8, 4) is 23.0 Å². The predicted molar refractivity (Wildman–Crippen MR) is 151 cm³/mol. The number of benzene rings is 2. The molecule has 2 N–H and O–H groups in total. The van der Waals surface area contributed by atoms with E-state index in [1.165, 1.54) is 13.2 Å². The zero-order chi connectivity index (χ0) is 28.1. The second kappa shape index (κ2) is 12.5. The highest BCUT2D eigenvalue weighted by Gasteiger charge is 2.41. The van der Waals surface area contributed by atoms with E-state index in [4.69, 9.17) is 18.9 Å². The normalized spacial score (nSPS) is 18.8. The molecule has 0 radical (unpaired) electrons. The number of allylic oxidation sites excluding steroid dienone is 3. The summed E-state index contributed by atoms with van der Waals surface area (Å²) in [4.78, 5) is 27.3. The fourth-order valence-corrected chi connectivity index (χ4v) is 5.76. The van der Waals surface area contributed by atoms with Crippen LogP contribution in [0.3, 0.4) is 0 Å². The van der Waals surface area contributed by atoms with Crippen molar-refractivity contribution in [1.82, 2.24) is 5.32 Å². The second-order valence-corrected chi connectivity index (χ2v) is 10.8. The molecular weight excluding hydrogens is 518 g/mol. The van der Waals surface area contributed by atoms with Gasteiger partial charge in [-0.25, -0.2) is 4.79 Å². The highest BCUT2D eigenvalue weighted by Crippen LogP contribution is 2.47. The van der Waals surface area contributed by atoms with E-state index in [-0.39, 0.29) is 36.2 Å². The van der Waals surface area contributed by atoms with E-state index >= 15 is 0 Å². The maximum Gasteiger partial charge on any atom is 0.336 e. The van der Waals surface area contributed by atoms with Gasteiger partial charge < -0.3 is 29.4 Å². The number of Topliss-reactive ketones (excluding diaryl/α,β-unsaturated/α-hetero) is 1. The molecule has 2 atom stereocenters. The fraction of sp³-hybridized carbons (Fsp3) is 0.400. The van der Waals surface area contributed by atoms with Crippen LogP contribution in [-0.2, 0) is 14.3 Å². The summed E-state index contributed by atoms with van der Waals surface area (Å²) in [6.07, 6.45) is 0.852. The lowest BCUT2D eigenvalue weighted by Gasteiger charge is -2.37. The SMILES string of the molecule is CCSCCOC(=O)C1=C(C)NC2=C(C(=O)CC(c3ccc(OC)c(OC)c3)C2)C1c1ccc(O)c(OC)c1. The molecule has 208 valence electrons. The summed E-state index contributed by atoms with van der Waals surface area (Å²) in [5, 5.41) is 13.6. The van der Waals surface area contributed by atoms with E-state index in [0.717, 1.165) is 17.0 Å². The van der Waals surface area contributed by atoms with Crippen molar-refractivity contribution in [1.29, 1.82) is 0 Å². The Bertz CT molecular complexity index is 1320. The number of phenols is 1. The first-order chi connectivity index (χ1) is 18.8. The van der Waals surface area contributed by atoms with Gasteiger partial charge in [-0.15, -0.1) is 0 Å². The largest absolute Gasteiger partial charge is 0.504 e. The van der Waals surface area contributed by atoms with Crippen molar-refractivity contribution in [2.75, 3.05) is 39.4 Å². The number of methoxy groups -OCH3 is 3. The van der Waals surface area contributed by atoms with Crippen LogP contribution < -0.4 is 19.5 Å². The molecular formula is C30H35NO7S. The molecule has 1 aliphatic carbocycles. The van der Waals surface area contributed by atoms with Crippen LogP contribution in [0.5, 0.6) is 23.0 Å². The Hall–Kier alpha value is -3.59. The molecule has 2 aliphatic rings. The molecule has 0 bridgehead atoms. The zero-order valence-corrected chi connectivity index (χ0v) is 23.8. The number of aromatic hydroxyl groups is 1. The molecule has 1 heterocycles. The molecule has 9 heteroatoms. The van der Waals surface area contributed by atoms with Gasteiger partial charge in [0.2, 0.25) is 0 Å². The Morgan fingerprint density at radius 2 is 1.69 bits per heavy atom. The lowest BCUT2D eigenvalue weighted by Crippen LogP contribution is -2.36. The molecule has 0 aromatic heterocycles. The van der Waals surface area contributed by atoms with Gasteiger partial charge in [-0.05, 0) is 60.4 Å². The topological polar surface area (TPSA) is 103 Å². The number of carbonyl (C=O) groups excluding carboxylic acids is 2. The van der Waals surface area contributed by atoms with E-state index < -0.39 is 11.9 Å². The number of dihydropyridines is 1. The van der Waals surface area contributed by atoms with Gasteiger partial charge in [0.05, 0.1) is 26.9 Å². The number of nitrogens with one attached hydrogen (secondary N) is 1. The minimum atomic E-state index is -0.652. The molecule has 0 fully saturated rings. The average Bonchev–Trinajstić information content (AvgIpc) is 2.94. The summed E-state index contributed by atoms with van der Waals surface area (Å²) in [6, 6.07) is 10.6. The van der Waals surface area contributed by atoms with Crippen LogP contribution in [0, 0.1) is 0 Å². The van der Waals surface area contributed by atoms with Crippen LogP contribution in [0.4, 0.5) is 0 Å². The van der Waals surface area contributed by atoms with Gasteiger partial charge in [0.1, 0.15) is 6.61 Å². The molecule has 2 aromatic carbocycles. The minimum absolute atomic E-state index is 0.0192. The van der Waals surface area contributed by atoms with Crippen LogP contribution in [0.15, 0.2) is 58.9 Å². The van der Waals surface area contributed by atoms with Crippen molar-refractivity contribution < 1.29 is 33.6 Å². The molecule has 8 nitrogen and oxygen atoms in total. The molecule has 0 spiro atoms. The van der Waals surface area contributed by atoms with Gasteiger partial charge in [-0.3, -0.25) is 4.79 Å². The van der Waals surface area contributed by atoms with Gasteiger partial charge in [-0.2, -0.15) is 11.8 Å². The molecule has 2 aromatic rings. The summed E-state index contributed by atoms with van der Waals surface area (Å²) in [7, 11) is 4.64. The van der Waals surface area contributed by atoms with Gasteiger partial charge in [0, 0.05) is 35.1 Å².